The fourth-order valence-electron chi connectivity index (χ4n) is 3.18. The maximum atomic E-state index is 10.8. The first-order valence-corrected chi connectivity index (χ1v) is 9.23. The number of aryl methyl sites for hydroxylation is 3. The smallest absolute Gasteiger partial charge is 0.303 e. The van der Waals surface area contributed by atoms with Gasteiger partial charge in [-0.05, 0) is 66.3 Å². The van der Waals surface area contributed by atoms with Crippen molar-refractivity contribution in [3.63, 3.8) is 0 Å². The van der Waals surface area contributed by atoms with Gasteiger partial charge in [0.2, 0.25) is 0 Å². The lowest BCUT2D eigenvalue weighted by atomic mass is 10.0. The standard InChI is InChI=1S/C24H24O3/c1-3-18-15-23(12-10-19(18)11-13-24(25)26)27-22-9-5-8-21(16-22)20-7-4-6-17(2)14-20/h4-10,12,14-16H,3,11,13H2,1-2H3,(H,25,26). The van der Waals surface area contributed by atoms with Crippen LogP contribution in [0.5, 0.6) is 11.5 Å². The summed E-state index contributed by atoms with van der Waals surface area (Å²) in [6.45, 7) is 4.16. The highest BCUT2D eigenvalue weighted by Crippen LogP contribution is 2.29. The van der Waals surface area contributed by atoms with Gasteiger partial charge < -0.3 is 9.84 Å². The molecule has 0 aromatic heterocycles. The fraction of sp³-hybridized carbons (Fsp3) is 0.208. The van der Waals surface area contributed by atoms with Crippen LogP contribution in [0, 0.1) is 6.92 Å². The molecule has 3 heteroatoms. The molecule has 0 atom stereocenters. The van der Waals surface area contributed by atoms with Crippen LogP contribution >= 0.6 is 0 Å². The molecule has 0 heterocycles. The molecule has 0 unspecified atom stereocenters. The summed E-state index contributed by atoms with van der Waals surface area (Å²) < 4.78 is 6.08. The Balaban J connectivity index is 1.81. The number of aliphatic carboxylic acids is 1. The van der Waals surface area contributed by atoms with Gasteiger partial charge in [-0.2, -0.15) is 0 Å². The third-order valence-electron chi connectivity index (χ3n) is 4.59. The van der Waals surface area contributed by atoms with Crippen molar-refractivity contribution in [2.45, 2.75) is 33.1 Å². The second-order valence-electron chi connectivity index (χ2n) is 6.68. The van der Waals surface area contributed by atoms with Crippen molar-refractivity contribution in [1.82, 2.24) is 0 Å². The Bertz CT molecular complexity index is 944. The highest BCUT2D eigenvalue weighted by molar-refractivity contribution is 5.67. The predicted octanol–water partition coefficient (Wildman–Crippen LogP) is 6.03. The Kier molecular flexibility index (Phi) is 5.92. The normalized spacial score (nSPS) is 10.6. The highest BCUT2D eigenvalue weighted by atomic mass is 16.5. The van der Waals surface area contributed by atoms with E-state index in [1.165, 1.54) is 11.1 Å². The molecule has 0 amide bonds. The van der Waals surface area contributed by atoms with Crippen molar-refractivity contribution < 1.29 is 14.6 Å². The fourth-order valence-corrected chi connectivity index (χ4v) is 3.18. The zero-order valence-corrected chi connectivity index (χ0v) is 15.7. The molecule has 0 spiro atoms. The summed E-state index contributed by atoms with van der Waals surface area (Å²) in [5, 5.41) is 8.90. The number of hydrogen-bond acceptors (Lipinski definition) is 2. The number of carboxylic acids is 1. The van der Waals surface area contributed by atoms with Gasteiger partial charge in [0.05, 0.1) is 0 Å². The maximum Gasteiger partial charge on any atom is 0.303 e. The van der Waals surface area contributed by atoms with Gasteiger partial charge in [-0.15, -0.1) is 0 Å². The molecule has 3 rings (SSSR count). The third kappa shape index (κ3) is 4.98. The van der Waals surface area contributed by atoms with E-state index in [1.807, 2.05) is 36.4 Å². The molecule has 3 aromatic rings. The van der Waals surface area contributed by atoms with Gasteiger partial charge in [-0.1, -0.05) is 55.0 Å². The molecule has 0 aliphatic carbocycles. The molecule has 27 heavy (non-hydrogen) atoms. The van der Waals surface area contributed by atoms with Gasteiger partial charge in [0.15, 0.2) is 0 Å². The van der Waals surface area contributed by atoms with Gasteiger partial charge in [-0.3, -0.25) is 4.79 Å². The molecule has 0 radical (unpaired) electrons. The zero-order chi connectivity index (χ0) is 19.2. The highest BCUT2D eigenvalue weighted by Gasteiger charge is 2.07. The number of hydrogen-bond donors (Lipinski definition) is 1. The van der Waals surface area contributed by atoms with Crippen LogP contribution in [0.3, 0.4) is 0 Å². The lowest BCUT2D eigenvalue weighted by molar-refractivity contribution is -0.136. The quantitative estimate of drug-likeness (QED) is 0.559. The minimum absolute atomic E-state index is 0.145. The van der Waals surface area contributed by atoms with E-state index in [4.69, 9.17) is 9.84 Å². The van der Waals surface area contributed by atoms with Crippen molar-refractivity contribution in [3.05, 3.63) is 83.4 Å². The predicted molar refractivity (Wildman–Crippen MR) is 108 cm³/mol. The van der Waals surface area contributed by atoms with Gasteiger partial charge in [-0.25, -0.2) is 0 Å². The van der Waals surface area contributed by atoms with Crippen LogP contribution in [-0.4, -0.2) is 11.1 Å². The van der Waals surface area contributed by atoms with Crippen molar-refractivity contribution in [2.75, 3.05) is 0 Å². The number of ether oxygens (including phenoxy) is 1. The molecule has 0 saturated heterocycles. The van der Waals surface area contributed by atoms with E-state index >= 15 is 0 Å². The Morgan fingerprint density at radius 1 is 0.889 bits per heavy atom. The van der Waals surface area contributed by atoms with Crippen LogP contribution < -0.4 is 4.74 Å². The lowest BCUT2D eigenvalue weighted by Gasteiger charge is -2.12. The van der Waals surface area contributed by atoms with E-state index < -0.39 is 5.97 Å². The molecule has 0 fully saturated rings. The molecule has 3 nitrogen and oxygen atoms in total. The number of carbonyl (C=O) groups is 1. The first-order chi connectivity index (χ1) is 13.0. The van der Waals surface area contributed by atoms with E-state index in [0.29, 0.717) is 6.42 Å². The summed E-state index contributed by atoms with van der Waals surface area (Å²) >= 11 is 0. The van der Waals surface area contributed by atoms with Gasteiger partial charge in [0.25, 0.3) is 0 Å². The Labute approximate surface area is 160 Å². The van der Waals surface area contributed by atoms with Crippen LogP contribution in [0.1, 0.15) is 30.0 Å². The van der Waals surface area contributed by atoms with Gasteiger partial charge in [0.1, 0.15) is 11.5 Å². The maximum absolute atomic E-state index is 10.8. The Hall–Kier alpha value is -3.07. The molecule has 3 aromatic carbocycles. The van der Waals surface area contributed by atoms with E-state index in [1.54, 1.807) is 0 Å². The molecule has 0 saturated carbocycles. The summed E-state index contributed by atoms with van der Waals surface area (Å²) in [6, 6.07) is 22.4. The average molecular weight is 360 g/mol. The minimum Gasteiger partial charge on any atom is -0.481 e. The molecular formula is C24H24O3. The molecule has 1 N–H and O–H groups in total. The summed E-state index contributed by atoms with van der Waals surface area (Å²) in [6.07, 6.45) is 1.53. The minimum atomic E-state index is -0.773. The van der Waals surface area contributed by atoms with Crippen molar-refractivity contribution in [2.24, 2.45) is 0 Å². The summed E-state index contributed by atoms with van der Waals surface area (Å²) in [4.78, 5) is 10.8. The Morgan fingerprint density at radius 3 is 2.30 bits per heavy atom. The topological polar surface area (TPSA) is 46.5 Å². The largest absolute Gasteiger partial charge is 0.481 e. The summed E-state index contributed by atoms with van der Waals surface area (Å²) in [5.74, 6) is 0.784. The van der Waals surface area contributed by atoms with Gasteiger partial charge in [0, 0.05) is 6.42 Å². The zero-order valence-electron chi connectivity index (χ0n) is 15.7. The number of rotatable bonds is 7. The monoisotopic (exact) mass is 360 g/mol. The summed E-state index contributed by atoms with van der Waals surface area (Å²) in [7, 11) is 0. The van der Waals surface area contributed by atoms with Crippen molar-refractivity contribution in [1.29, 1.82) is 0 Å². The summed E-state index contributed by atoms with van der Waals surface area (Å²) in [5.41, 5.74) is 5.71. The Morgan fingerprint density at radius 2 is 1.59 bits per heavy atom. The number of benzene rings is 3. The molecule has 0 bridgehead atoms. The van der Waals surface area contributed by atoms with E-state index in [0.717, 1.165) is 34.6 Å². The number of carboxylic acid groups (broad SMARTS) is 1. The molecule has 0 aliphatic heterocycles. The molecule has 138 valence electrons. The molecule has 0 aliphatic rings. The van der Waals surface area contributed by atoms with E-state index in [2.05, 4.69) is 44.2 Å². The third-order valence-corrected chi connectivity index (χ3v) is 4.59. The van der Waals surface area contributed by atoms with Crippen LogP contribution in [0.2, 0.25) is 0 Å². The van der Waals surface area contributed by atoms with Crippen LogP contribution in [0.25, 0.3) is 11.1 Å². The van der Waals surface area contributed by atoms with Crippen molar-refractivity contribution >= 4 is 5.97 Å². The second kappa shape index (κ2) is 8.54. The van der Waals surface area contributed by atoms with Crippen LogP contribution in [0.15, 0.2) is 66.7 Å². The van der Waals surface area contributed by atoms with Gasteiger partial charge >= 0.3 is 5.97 Å². The molecular weight excluding hydrogens is 336 g/mol. The first-order valence-electron chi connectivity index (χ1n) is 9.23. The van der Waals surface area contributed by atoms with Crippen LogP contribution in [0.4, 0.5) is 0 Å². The SMILES string of the molecule is CCc1cc(Oc2cccc(-c3cccc(C)c3)c2)ccc1CCC(=O)O. The lowest BCUT2D eigenvalue weighted by Crippen LogP contribution is -2.00. The van der Waals surface area contributed by atoms with Crippen LogP contribution in [-0.2, 0) is 17.6 Å². The second-order valence-corrected chi connectivity index (χ2v) is 6.68. The van der Waals surface area contributed by atoms with E-state index in [-0.39, 0.29) is 6.42 Å². The van der Waals surface area contributed by atoms with Crippen molar-refractivity contribution in [3.8, 4) is 22.6 Å². The average Bonchev–Trinajstić information content (AvgIpc) is 2.67. The first kappa shape index (κ1) is 18.7. The van der Waals surface area contributed by atoms with E-state index in [9.17, 15) is 4.79 Å².